The molecule has 0 aromatic rings. The van der Waals surface area contributed by atoms with Crippen molar-refractivity contribution in [1.29, 1.82) is 0 Å². The van der Waals surface area contributed by atoms with Gasteiger partial charge in [-0.15, -0.1) is 0 Å². The van der Waals surface area contributed by atoms with Crippen LogP contribution in [0, 0.1) is 0 Å². The van der Waals surface area contributed by atoms with Gasteiger partial charge in [-0.25, -0.2) is 8.42 Å². The minimum atomic E-state index is -3.69. The molecule has 106 valence electrons. The molecule has 0 aromatic carbocycles. The van der Waals surface area contributed by atoms with Gasteiger partial charge >= 0.3 is 0 Å². The van der Waals surface area contributed by atoms with Gasteiger partial charge < -0.3 is 5.32 Å². The maximum Gasteiger partial charge on any atom is 0.264 e. The van der Waals surface area contributed by atoms with Crippen LogP contribution in [-0.2, 0) is 29.1 Å². The van der Waals surface area contributed by atoms with Gasteiger partial charge in [-0.3, -0.25) is 8.98 Å². The van der Waals surface area contributed by atoms with Crippen LogP contribution in [0.1, 0.15) is 6.42 Å². The molecule has 0 spiro atoms. The molecule has 0 aromatic heterocycles. The minimum Gasteiger partial charge on any atom is -0.358 e. The first-order valence-corrected chi connectivity index (χ1v) is 8.77. The van der Waals surface area contributed by atoms with Gasteiger partial charge in [0.15, 0.2) is 0 Å². The molecule has 1 heterocycles. The lowest BCUT2D eigenvalue weighted by Crippen LogP contribution is -2.44. The lowest BCUT2D eigenvalue weighted by Gasteiger charge is -2.19. The monoisotopic (exact) mass is 300 g/mol. The molecule has 0 aliphatic carbocycles. The molecule has 10 heteroatoms. The largest absolute Gasteiger partial charge is 0.358 e. The predicted octanol–water partition coefficient (Wildman–Crippen LogP) is -1.89. The molecule has 2 atom stereocenters. The number of rotatable bonds is 4. The molecular weight excluding hydrogens is 284 g/mol. The van der Waals surface area contributed by atoms with Crippen LogP contribution in [0.5, 0.6) is 0 Å². The van der Waals surface area contributed by atoms with E-state index in [1.807, 2.05) is 0 Å². The molecule has 0 saturated carbocycles. The maximum atomic E-state index is 11.6. The topological polar surface area (TPSA) is 110 Å². The highest BCUT2D eigenvalue weighted by atomic mass is 32.2. The fourth-order valence-corrected chi connectivity index (χ4v) is 3.57. The van der Waals surface area contributed by atoms with Gasteiger partial charge in [-0.2, -0.15) is 12.7 Å². The van der Waals surface area contributed by atoms with Crippen LogP contribution in [0.4, 0.5) is 0 Å². The zero-order valence-corrected chi connectivity index (χ0v) is 11.9. The number of carbonyl (C=O) groups excluding carboxylic acids is 1. The first kappa shape index (κ1) is 15.3. The normalized spacial score (nSPS) is 26.2. The standard InChI is InChI=1S/C8H16N2O6S2/c1-9-8(11)7-4-6(16-18(3,14)15)5-10(7)17(2,12)13/h6-7H,4-5H2,1-3H3,(H,9,11)/t6-,7-/m0/s1. The first-order chi connectivity index (χ1) is 8.04. The molecule has 8 nitrogen and oxygen atoms in total. The molecule has 1 fully saturated rings. The summed E-state index contributed by atoms with van der Waals surface area (Å²) in [5.41, 5.74) is 0. The summed E-state index contributed by atoms with van der Waals surface area (Å²) < 4.78 is 50.7. The van der Waals surface area contributed by atoms with Gasteiger partial charge in [-0.1, -0.05) is 0 Å². The van der Waals surface area contributed by atoms with E-state index in [0.29, 0.717) is 0 Å². The Hall–Kier alpha value is -0.710. The Labute approximate surface area is 106 Å². The van der Waals surface area contributed by atoms with E-state index in [0.717, 1.165) is 16.8 Å². The fourth-order valence-electron chi connectivity index (χ4n) is 1.86. The van der Waals surface area contributed by atoms with Crippen molar-refractivity contribution in [3.63, 3.8) is 0 Å². The lowest BCUT2D eigenvalue weighted by molar-refractivity contribution is -0.123. The fraction of sp³-hybridized carbons (Fsp3) is 0.875. The van der Waals surface area contributed by atoms with Crippen molar-refractivity contribution in [2.45, 2.75) is 18.6 Å². The highest BCUT2D eigenvalue weighted by molar-refractivity contribution is 7.88. The highest BCUT2D eigenvalue weighted by Gasteiger charge is 2.42. The summed E-state index contributed by atoms with van der Waals surface area (Å²) in [6.45, 7) is -0.149. The third-order valence-electron chi connectivity index (χ3n) is 2.50. The summed E-state index contributed by atoms with van der Waals surface area (Å²) >= 11 is 0. The molecule has 1 rings (SSSR count). The Kier molecular flexibility index (Phi) is 4.36. The number of nitrogens with one attached hydrogen (secondary N) is 1. The number of sulfonamides is 1. The van der Waals surface area contributed by atoms with Crippen LogP contribution in [0.15, 0.2) is 0 Å². The first-order valence-electron chi connectivity index (χ1n) is 5.11. The van der Waals surface area contributed by atoms with Crippen molar-refractivity contribution >= 4 is 26.0 Å². The lowest BCUT2D eigenvalue weighted by atomic mass is 10.2. The third-order valence-corrected chi connectivity index (χ3v) is 4.38. The smallest absolute Gasteiger partial charge is 0.264 e. The number of amides is 1. The molecule has 1 amide bonds. The molecular formula is C8H16N2O6S2. The number of likely N-dealkylation sites (N-methyl/N-ethyl adjacent to an activating group) is 1. The Morgan fingerprint density at radius 1 is 1.28 bits per heavy atom. The van der Waals surface area contributed by atoms with Crippen LogP contribution < -0.4 is 5.32 Å². The molecule has 0 radical (unpaired) electrons. The van der Waals surface area contributed by atoms with E-state index in [4.69, 9.17) is 4.18 Å². The molecule has 1 saturated heterocycles. The summed E-state index contributed by atoms with van der Waals surface area (Å²) in [6, 6.07) is -0.934. The summed E-state index contributed by atoms with van der Waals surface area (Å²) in [4.78, 5) is 11.6. The van der Waals surface area contributed by atoms with E-state index in [-0.39, 0.29) is 13.0 Å². The van der Waals surface area contributed by atoms with Crippen LogP contribution in [0.25, 0.3) is 0 Å². The van der Waals surface area contributed by atoms with E-state index < -0.39 is 38.2 Å². The van der Waals surface area contributed by atoms with Gasteiger partial charge in [0.2, 0.25) is 15.9 Å². The highest BCUT2D eigenvalue weighted by Crippen LogP contribution is 2.24. The number of hydrogen-bond donors (Lipinski definition) is 1. The summed E-state index contributed by atoms with van der Waals surface area (Å²) in [5, 5.41) is 2.34. The Bertz CT molecular complexity index is 526. The predicted molar refractivity (Wildman–Crippen MR) is 63.7 cm³/mol. The minimum absolute atomic E-state index is 0.0137. The second-order valence-electron chi connectivity index (χ2n) is 4.12. The van der Waals surface area contributed by atoms with Crippen molar-refractivity contribution in [1.82, 2.24) is 9.62 Å². The van der Waals surface area contributed by atoms with E-state index in [2.05, 4.69) is 5.32 Å². The molecule has 1 aliphatic heterocycles. The van der Waals surface area contributed by atoms with Gasteiger partial charge in [0, 0.05) is 20.0 Å². The molecule has 0 unspecified atom stereocenters. The Morgan fingerprint density at radius 2 is 1.83 bits per heavy atom. The van der Waals surface area contributed by atoms with E-state index in [1.54, 1.807) is 0 Å². The van der Waals surface area contributed by atoms with E-state index in [1.165, 1.54) is 7.05 Å². The van der Waals surface area contributed by atoms with Crippen molar-refractivity contribution < 1.29 is 25.8 Å². The van der Waals surface area contributed by atoms with Crippen LogP contribution in [0.2, 0.25) is 0 Å². The Balaban J connectivity index is 2.93. The molecule has 0 bridgehead atoms. The van der Waals surface area contributed by atoms with Crippen molar-refractivity contribution in [3.8, 4) is 0 Å². The van der Waals surface area contributed by atoms with Crippen molar-refractivity contribution in [3.05, 3.63) is 0 Å². The van der Waals surface area contributed by atoms with E-state index >= 15 is 0 Å². The molecule has 18 heavy (non-hydrogen) atoms. The zero-order valence-electron chi connectivity index (χ0n) is 10.3. The SMILES string of the molecule is CNC(=O)[C@@H]1C[C@H](OS(C)(=O)=O)CN1S(C)(=O)=O. The van der Waals surface area contributed by atoms with E-state index in [9.17, 15) is 21.6 Å². The maximum absolute atomic E-state index is 11.6. The third kappa shape index (κ3) is 3.90. The van der Waals surface area contributed by atoms with Gasteiger partial charge in [0.05, 0.1) is 18.6 Å². The second-order valence-corrected chi connectivity index (χ2v) is 7.66. The summed E-state index contributed by atoms with van der Waals surface area (Å²) in [5.74, 6) is -0.486. The Morgan fingerprint density at radius 3 is 2.22 bits per heavy atom. The quantitative estimate of drug-likeness (QED) is 0.608. The zero-order chi connectivity index (χ0) is 14.1. The summed E-state index contributed by atoms with van der Waals surface area (Å²) in [7, 11) is -5.90. The molecule has 1 N–H and O–H groups in total. The van der Waals surface area contributed by atoms with Crippen molar-refractivity contribution in [2.24, 2.45) is 0 Å². The van der Waals surface area contributed by atoms with Gasteiger partial charge in [0.25, 0.3) is 10.1 Å². The van der Waals surface area contributed by atoms with Gasteiger partial charge in [-0.05, 0) is 0 Å². The molecule has 1 aliphatic rings. The van der Waals surface area contributed by atoms with Crippen LogP contribution >= 0.6 is 0 Å². The van der Waals surface area contributed by atoms with Crippen LogP contribution in [0.3, 0.4) is 0 Å². The number of nitrogens with zero attached hydrogens (tertiary/aromatic N) is 1. The summed E-state index contributed by atoms with van der Waals surface area (Å²) in [6.07, 6.45) is 1.02. The van der Waals surface area contributed by atoms with Crippen LogP contribution in [-0.4, -0.2) is 65.3 Å². The average Bonchev–Trinajstić information content (AvgIpc) is 2.57. The number of carbonyl (C=O) groups is 1. The average molecular weight is 300 g/mol. The second kappa shape index (κ2) is 5.11. The number of hydrogen-bond acceptors (Lipinski definition) is 6. The van der Waals surface area contributed by atoms with Gasteiger partial charge in [0.1, 0.15) is 6.04 Å². The van der Waals surface area contributed by atoms with Crippen molar-refractivity contribution in [2.75, 3.05) is 26.1 Å².